The van der Waals surface area contributed by atoms with Gasteiger partial charge in [0.2, 0.25) is 11.9 Å². The molecule has 2 N–H and O–H groups in total. The van der Waals surface area contributed by atoms with Crippen molar-refractivity contribution in [2.45, 2.75) is 59.4 Å². The summed E-state index contributed by atoms with van der Waals surface area (Å²) in [6.45, 7) is 16.1. The molecule has 0 unspecified atom stereocenters. The minimum absolute atomic E-state index is 0.206. The minimum Gasteiger partial charge on any atom is -0.362 e. The van der Waals surface area contributed by atoms with E-state index in [9.17, 15) is 0 Å². The summed E-state index contributed by atoms with van der Waals surface area (Å²) in [6.07, 6.45) is 0. The number of anilines is 5. The first-order chi connectivity index (χ1) is 14.5. The molecule has 3 aromatic rings. The molecule has 4 rings (SSSR count). The first-order valence-corrected chi connectivity index (χ1v) is 10.8. The third-order valence-corrected chi connectivity index (χ3v) is 5.61. The van der Waals surface area contributed by atoms with Gasteiger partial charge in [0.15, 0.2) is 0 Å². The van der Waals surface area contributed by atoms with Gasteiger partial charge >= 0.3 is 0 Å². The Labute approximate surface area is 185 Å². The van der Waals surface area contributed by atoms with E-state index in [4.69, 9.17) is 9.97 Å². The number of aromatic nitrogens is 3. The summed E-state index contributed by atoms with van der Waals surface area (Å²) in [5.41, 5.74) is 5.53. The van der Waals surface area contributed by atoms with Gasteiger partial charge in [-0.05, 0) is 57.0 Å². The molecule has 1 aliphatic heterocycles. The zero-order chi connectivity index (χ0) is 22.4. The van der Waals surface area contributed by atoms with Crippen LogP contribution in [0.3, 0.4) is 0 Å². The molecule has 0 bridgehead atoms. The van der Waals surface area contributed by atoms with Gasteiger partial charge in [0.1, 0.15) is 5.82 Å². The molecular weight excluding hydrogens is 384 g/mol. The zero-order valence-electron chi connectivity index (χ0n) is 19.5. The van der Waals surface area contributed by atoms with E-state index in [1.54, 1.807) is 0 Å². The van der Waals surface area contributed by atoms with Gasteiger partial charge in [-0.2, -0.15) is 15.0 Å². The molecule has 31 heavy (non-hydrogen) atoms. The number of nitrogens with zero attached hydrogens (tertiary/aromatic N) is 4. The number of para-hydroxylation sites is 1. The lowest BCUT2D eigenvalue weighted by Crippen LogP contribution is -2.19. The largest absolute Gasteiger partial charge is 0.362 e. The molecule has 162 valence electrons. The second kappa shape index (κ2) is 7.52. The smallest absolute Gasteiger partial charge is 0.232 e. The molecule has 1 aromatic heterocycles. The van der Waals surface area contributed by atoms with E-state index < -0.39 is 0 Å². The lowest BCUT2D eigenvalue weighted by Gasteiger charge is -2.19. The van der Waals surface area contributed by atoms with Gasteiger partial charge in [-0.1, -0.05) is 45.0 Å². The molecule has 2 heterocycles. The van der Waals surface area contributed by atoms with Crippen molar-refractivity contribution in [1.82, 2.24) is 15.0 Å². The monoisotopic (exact) mass is 416 g/mol. The van der Waals surface area contributed by atoms with Crippen LogP contribution in [0.2, 0.25) is 0 Å². The van der Waals surface area contributed by atoms with Gasteiger partial charge in [0, 0.05) is 29.0 Å². The van der Waals surface area contributed by atoms with E-state index in [0.29, 0.717) is 11.9 Å². The van der Waals surface area contributed by atoms with Gasteiger partial charge in [0.25, 0.3) is 0 Å². The molecule has 0 aliphatic carbocycles. The highest BCUT2D eigenvalue weighted by Gasteiger charge is 2.42. The first-order valence-electron chi connectivity index (χ1n) is 10.8. The Morgan fingerprint density at radius 2 is 1.45 bits per heavy atom. The van der Waals surface area contributed by atoms with Crippen molar-refractivity contribution in [1.29, 1.82) is 0 Å². The Bertz CT molecular complexity index is 1090. The molecule has 0 saturated carbocycles. The number of aryl methyl sites for hydroxylation is 2. The maximum absolute atomic E-state index is 4.72. The summed E-state index contributed by atoms with van der Waals surface area (Å²) in [7, 11) is 0. The molecule has 1 saturated heterocycles. The topological polar surface area (TPSA) is 65.7 Å². The Balaban J connectivity index is 1.66. The van der Waals surface area contributed by atoms with Crippen LogP contribution < -0.4 is 15.5 Å². The highest BCUT2D eigenvalue weighted by Crippen LogP contribution is 2.38. The Kier molecular flexibility index (Phi) is 5.12. The number of hydrogen-bond donors (Lipinski definition) is 2. The summed E-state index contributed by atoms with van der Waals surface area (Å²) < 4.78 is 0. The van der Waals surface area contributed by atoms with Crippen LogP contribution in [0, 0.1) is 13.8 Å². The number of nitrogens with one attached hydrogen (secondary N) is 2. The van der Waals surface area contributed by atoms with Crippen molar-refractivity contribution in [3.8, 4) is 0 Å². The molecule has 2 aromatic carbocycles. The average Bonchev–Trinajstić information content (AvgIpc) is 3.33. The third-order valence-electron chi connectivity index (χ3n) is 5.61. The number of benzene rings is 2. The van der Waals surface area contributed by atoms with Crippen LogP contribution >= 0.6 is 0 Å². The fourth-order valence-corrected chi connectivity index (χ4v) is 3.62. The molecule has 6 nitrogen and oxygen atoms in total. The minimum atomic E-state index is -0.206. The molecule has 6 heteroatoms. The van der Waals surface area contributed by atoms with Gasteiger partial charge in [0.05, 0.1) is 5.54 Å². The lowest BCUT2D eigenvalue weighted by atomic mass is 9.96. The lowest BCUT2D eigenvalue weighted by molar-refractivity contribution is 0.544. The normalized spacial score (nSPS) is 15.0. The van der Waals surface area contributed by atoms with Gasteiger partial charge in [-0.25, -0.2) is 0 Å². The summed E-state index contributed by atoms with van der Waals surface area (Å²) in [4.78, 5) is 16.5. The summed E-state index contributed by atoms with van der Waals surface area (Å²) in [6, 6.07) is 14.6. The van der Waals surface area contributed by atoms with Crippen molar-refractivity contribution >= 4 is 29.0 Å². The fraction of sp³-hybridized carbons (Fsp3) is 0.400. The van der Waals surface area contributed by atoms with Gasteiger partial charge in [-0.3, -0.25) is 0 Å². The fourth-order valence-electron chi connectivity index (χ4n) is 3.62. The zero-order valence-corrected chi connectivity index (χ0v) is 19.5. The predicted molar refractivity (Wildman–Crippen MR) is 129 cm³/mol. The highest BCUT2D eigenvalue weighted by atomic mass is 15.3. The Morgan fingerprint density at radius 3 is 2.03 bits per heavy atom. The van der Waals surface area contributed by atoms with E-state index >= 15 is 0 Å². The van der Waals surface area contributed by atoms with E-state index in [1.807, 2.05) is 6.07 Å². The van der Waals surface area contributed by atoms with Crippen molar-refractivity contribution in [2.75, 3.05) is 22.1 Å². The van der Waals surface area contributed by atoms with E-state index in [-0.39, 0.29) is 11.0 Å². The standard InChI is InChI=1S/C25H32N6/c1-16-10-8-11-17(2)20(16)27-23-29-21(24(3,4)5)28-22(30-23)26-18-12-9-13-19(14-18)31-15-25(31,6)7/h8-14H,15H2,1-7H3,(H2,26,27,28,29,30). The van der Waals surface area contributed by atoms with Crippen molar-refractivity contribution in [3.05, 3.63) is 59.4 Å². The summed E-state index contributed by atoms with van der Waals surface area (Å²) >= 11 is 0. The number of rotatable bonds is 5. The molecule has 0 radical (unpaired) electrons. The predicted octanol–water partition coefficient (Wildman–Crippen LogP) is 5.87. The van der Waals surface area contributed by atoms with Crippen molar-refractivity contribution < 1.29 is 0 Å². The third kappa shape index (κ3) is 4.63. The average molecular weight is 417 g/mol. The first kappa shape index (κ1) is 21.1. The molecule has 1 aliphatic rings. The Hall–Kier alpha value is -3.15. The van der Waals surface area contributed by atoms with Crippen LogP contribution in [0.5, 0.6) is 0 Å². The van der Waals surface area contributed by atoms with Crippen LogP contribution in [-0.2, 0) is 5.41 Å². The van der Waals surface area contributed by atoms with Crippen LogP contribution in [0.4, 0.5) is 29.0 Å². The summed E-state index contributed by atoms with van der Waals surface area (Å²) in [5, 5.41) is 6.81. The Morgan fingerprint density at radius 1 is 0.871 bits per heavy atom. The molecule has 0 spiro atoms. The second-order valence-corrected chi connectivity index (χ2v) is 10.0. The van der Waals surface area contributed by atoms with Crippen LogP contribution in [-0.4, -0.2) is 27.0 Å². The summed E-state index contributed by atoms with van der Waals surface area (Å²) in [5.74, 6) is 1.82. The van der Waals surface area contributed by atoms with E-state index in [1.165, 1.54) is 5.69 Å². The van der Waals surface area contributed by atoms with Gasteiger partial charge < -0.3 is 15.5 Å². The number of hydrogen-bond acceptors (Lipinski definition) is 6. The molecule has 0 amide bonds. The van der Waals surface area contributed by atoms with Crippen molar-refractivity contribution in [3.63, 3.8) is 0 Å². The maximum atomic E-state index is 4.72. The van der Waals surface area contributed by atoms with Crippen LogP contribution in [0.25, 0.3) is 0 Å². The molecular formula is C25H32N6. The van der Waals surface area contributed by atoms with E-state index in [2.05, 4.69) is 105 Å². The quantitative estimate of drug-likeness (QED) is 0.507. The van der Waals surface area contributed by atoms with Crippen molar-refractivity contribution in [2.24, 2.45) is 0 Å². The molecule has 0 atom stereocenters. The second-order valence-electron chi connectivity index (χ2n) is 10.0. The highest BCUT2D eigenvalue weighted by molar-refractivity contribution is 5.67. The maximum Gasteiger partial charge on any atom is 0.232 e. The van der Waals surface area contributed by atoms with Gasteiger partial charge in [-0.15, -0.1) is 0 Å². The molecule has 1 fully saturated rings. The van der Waals surface area contributed by atoms with E-state index in [0.717, 1.165) is 34.9 Å². The SMILES string of the molecule is Cc1cccc(C)c1Nc1nc(Nc2cccc(N3CC3(C)C)c2)nc(C(C)(C)C)n1. The van der Waals surface area contributed by atoms with Crippen LogP contribution in [0.15, 0.2) is 42.5 Å². The van der Waals surface area contributed by atoms with Crippen LogP contribution in [0.1, 0.15) is 51.6 Å².